The minimum Gasteiger partial charge on any atom is -0.357 e. The Hall–Kier alpha value is -1.98. The van der Waals surface area contributed by atoms with Crippen molar-refractivity contribution in [2.75, 3.05) is 12.8 Å². The topological polar surface area (TPSA) is 49.4 Å². The number of carbonyl (C=O) groups excluding carboxylic acids is 2. The van der Waals surface area contributed by atoms with Crippen molar-refractivity contribution in [1.29, 1.82) is 0 Å². The van der Waals surface area contributed by atoms with Crippen molar-refractivity contribution in [3.05, 3.63) is 70.2 Å². The van der Waals surface area contributed by atoms with Crippen LogP contribution in [0.2, 0.25) is 5.02 Å². The van der Waals surface area contributed by atoms with Crippen LogP contribution in [0.3, 0.4) is 0 Å². The molecule has 0 unspecified atom stereocenters. The van der Waals surface area contributed by atoms with Gasteiger partial charge in [0.2, 0.25) is 11.8 Å². The van der Waals surface area contributed by atoms with Gasteiger partial charge in [-0.25, -0.2) is 0 Å². The molecule has 2 rings (SSSR count). The highest BCUT2D eigenvalue weighted by atomic mass is 35.5. The summed E-state index contributed by atoms with van der Waals surface area (Å²) in [4.78, 5) is 26.7. The maximum Gasteiger partial charge on any atom is 0.242 e. The predicted molar refractivity (Wildman–Crippen MR) is 113 cm³/mol. The summed E-state index contributed by atoms with van der Waals surface area (Å²) in [5.41, 5.74) is 3.14. The lowest BCUT2D eigenvalue weighted by Crippen LogP contribution is -2.47. The van der Waals surface area contributed by atoms with E-state index in [0.29, 0.717) is 23.1 Å². The van der Waals surface area contributed by atoms with E-state index >= 15 is 0 Å². The summed E-state index contributed by atoms with van der Waals surface area (Å²) < 4.78 is 0. The molecule has 0 heterocycles. The van der Waals surface area contributed by atoms with Crippen molar-refractivity contribution in [3.8, 4) is 0 Å². The molecule has 27 heavy (non-hydrogen) atoms. The molecule has 0 aliphatic rings. The molecule has 2 aromatic carbocycles. The van der Waals surface area contributed by atoms with Gasteiger partial charge in [0, 0.05) is 24.4 Å². The fraction of sp³-hybridized carbons (Fsp3) is 0.333. The summed E-state index contributed by atoms with van der Waals surface area (Å²) >= 11 is 7.68. The van der Waals surface area contributed by atoms with E-state index in [-0.39, 0.29) is 11.8 Å². The molecule has 0 fully saturated rings. The van der Waals surface area contributed by atoms with E-state index in [0.717, 1.165) is 16.7 Å². The first-order valence-electron chi connectivity index (χ1n) is 8.80. The Morgan fingerprint density at radius 1 is 1.11 bits per heavy atom. The van der Waals surface area contributed by atoms with E-state index in [2.05, 4.69) is 5.32 Å². The molecule has 0 spiro atoms. The monoisotopic (exact) mass is 404 g/mol. The zero-order chi connectivity index (χ0) is 19.8. The van der Waals surface area contributed by atoms with E-state index in [9.17, 15) is 9.59 Å². The van der Waals surface area contributed by atoms with Crippen LogP contribution < -0.4 is 5.32 Å². The number of thioether (sulfide) groups is 1. The van der Waals surface area contributed by atoms with Gasteiger partial charge in [-0.2, -0.15) is 0 Å². The van der Waals surface area contributed by atoms with Crippen molar-refractivity contribution in [2.24, 2.45) is 0 Å². The standard InChI is InChI=1S/C21H25ClN2O2S/c1-15-8-4-5-9-17(15)12-24(16(2)21(26)23-3)20(25)14-27-13-18-10-6-7-11-19(18)22/h4-11,16H,12-14H2,1-3H3,(H,23,26)/t16-/m1/s1. The van der Waals surface area contributed by atoms with Crippen LogP contribution in [-0.2, 0) is 21.9 Å². The first-order chi connectivity index (χ1) is 12.9. The highest BCUT2D eigenvalue weighted by Crippen LogP contribution is 2.22. The molecule has 0 bridgehead atoms. The Labute approximate surface area is 170 Å². The van der Waals surface area contributed by atoms with Gasteiger partial charge < -0.3 is 10.2 Å². The van der Waals surface area contributed by atoms with Crippen molar-refractivity contribution in [1.82, 2.24) is 10.2 Å². The van der Waals surface area contributed by atoms with Crippen LogP contribution >= 0.6 is 23.4 Å². The van der Waals surface area contributed by atoms with Crippen LogP contribution in [0.15, 0.2) is 48.5 Å². The molecule has 6 heteroatoms. The summed E-state index contributed by atoms with van der Waals surface area (Å²) in [6, 6.07) is 15.0. The zero-order valence-electron chi connectivity index (χ0n) is 15.9. The lowest BCUT2D eigenvalue weighted by molar-refractivity contribution is -0.138. The molecule has 4 nitrogen and oxygen atoms in total. The summed E-state index contributed by atoms with van der Waals surface area (Å²) in [5, 5.41) is 3.33. The Bertz CT molecular complexity index is 797. The number of likely N-dealkylation sites (N-methyl/N-ethyl adjacent to an activating group) is 1. The molecule has 0 saturated heterocycles. The average Bonchev–Trinajstić information content (AvgIpc) is 2.67. The Balaban J connectivity index is 2.07. The van der Waals surface area contributed by atoms with E-state index in [1.165, 1.54) is 11.8 Å². The maximum atomic E-state index is 12.9. The largest absolute Gasteiger partial charge is 0.357 e. The van der Waals surface area contributed by atoms with E-state index in [1.807, 2.05) is 55.5 Å². The maximum absolute atomic E-state index is 12.9. The molecule has 2 amide bonds. The van der Waals surface area contributed by atoms with Crippen LogP contribution in [0.5, 0.6) is 0 Å². The number of hydrogen-bond donors (Lipinski definition) is 1. The first-order valence-corrected chi connectivity index (χ1v) is 10.3. The highest BCUT2D eigenvalue weighted by molar-refractivity contribution is 7.99. The van der Waals surface area contributed by atoms with Crippen molar-refractivity contribution in [3.63, 3.8) is 0 Å². The molecule has 0 aromatic heterocycles. The number of carbonyl (C=O) groups is 2. The van der Waals surface area contributed by atoms with Gasteiger partial charge in [-0.3, -0.25) is 9.59 Å². The quantitative estimate of drug-likeness (QED) is 0.722. The molecule has 0 radical (unpaired) electrons. The summed E-state index contributed by atoms with van der Waals surface area (Å²) in [7, 11) is 1.58. The molecule has 144 valence electrons. The number of rotatable bonds is 8. The van der Waals surface area contributed by atoms with Crippen LogP contribution in [0, 0.1) is 6.92 Å². The minimum atomic E-state index is -0.539. The third kappa shape index (κ3) is 6.01. The zero-order valence-corrected chi connectivity index (χ0v) is 17.4. The number of aryl methyl sites for hydroxylation is 1. The molecule has 0 aliphatic heterocycles. The molecule has 0 aliphatic carbocycles. The first kappa shape index (κ1) is 21.3. The second-order valence-electron chi connectivity index (χ2n) is 6.32. The lowest BCUT2D eigenvalue weighted by atomic mass is 10.1. The molecule has 0 saturated carbocycles. The number of halogens is 1. The number of hydrogen-bond acceptors (Lipinski definition) is 3. The van der Waals surface area contributed by atoms with Gasteiger partial charge in [0.1, 0.15) is 6.04 Å². The van der Waals surface area contributed by atoms with Crippen LogP contribution in [0.4, 0.5) is 0 Å². The van der Waals surface area contributed by atoms with Gasteiger partial charge >= 0.3 is 0 Å². The fourth-order valence-corrected chi connectivity index (χ4v) is 3.91. The SMILES string of the molecule is CNC(=O)[C@@H](C)N(Cc1ccccc1C)C(=O)CSCc1ccccc1Cl. The van der Waals surface area contributed by atoms with E-state index in [4.69, 9.17) is 11.6 Å². The average molecular weight is 405 g/mol. The molecule has 1 atom stereocenters. The molecule has 1 N–H and O–H groups in total. The van der Waals surface area contributed by atoms with Crippen molar-refractivity contribution >= 4 is 35.2 Å². The van der Waals surface area contributed by atoms with Gasteiger partial charge in [-0.1, -0.05) is 54.1 Å². The van der Waals surface area contributed by atoms with Gasteiger partial charge in [0.05, 0.1) is 5.75 Å². The van der Waals surface area contributed by atoms with Gasteiger partial charge in [0.15, 0.2) is 0 Å². The van der Waals surface area contributed by atoms with Crippen molar-refractivity contribution in [2.45, 2.75) is 32.2 Å². The minimum absolute atomic E-state index is 0.0635. The lowest BCUT2D eigenvalue weighted by Gasteiger charge is -2.29. The predicted octanol–water partition coefficient (Wildman–Crippen LogP) is 4.04. The van der Waals surface area contributed by atoms with Crippen LogP contribution in [0.25, 0.3) is 0 Å². The second-order valence-corrected chi connectivity index (χ2v) is 7.72. The summed E-state index contributed by atoms with van der Waals surface area (Å²) in [6.45, 7) is 4.18. The number of nitrogens with zero attached hydrogens (tertiary/aromatic N) is 1. The van der Waals surface area contributed by atoms with Crippen molar-refractivity contribution < 1.29 is 9.59 Å². The third-order valence-corrected chi connectivity index (χ3v) is 5.79. The smallest absolute Gasteiger partial charge is 0.242 e. The van der Waals surface area contributed by atoms with Gasteiger partial charge in [-0.15, -0.1) is 11.8 Å². The van der Waals surface area contributed by atoms with Crippen LogP contribution in [-0.4, -0.2) is 35.6 Å². The highest BCUT2D eigenvalue weighted by Gasteiger charge is 2.25. The number of benzene rings is 2. The molecular formula is C21H25ClN2O2S. The Morgan fingerprint density at radius 2 is 1.74 bits per heavy atom. The van der Waals surface area contributed by atoms with Gasteiger partial charge in [-0.05, 0) is 36.6 Å². The Kier molecular flexibility index (Phi) is 8.20. The number of amides is 2. The number of nitrogens with one attached hydrogen (secondary N) is 1. The normalized spacial score (nSPS) is 11.7. The molecular weight excluding hydrogens is 380 g/mol. The molecule has 2 aromatic rings. The van der Waals surface area contributed by atoms with E-state index < -0.39 is 6.04 Å². The Morgan fingerprint density at radius 3 is 2.37 bits per heavy atom. The fourth-order valence-electron chi connectivity index (χ4n) is 2.71. The van der Waals surface area contributed by atoms with Crippen LogP contribution in [0.1, 0.15) is 23.6 Å². The summed E-state index contributed by atoms with van der Waals surface area (Å²) in [5.74, 6) is 0.704. The second kappa shape index (κ2) is 10.4. The van der Waals surface area contributed by atoms with E-state index in [1.54, 1.807) is 18.9 Å². The third-order valence-electron chi connectivity index (χ3n) is 4.46. The summed E-state index contributed by atoms with van der Waals surface area (Å²) in [6.07, 6.45) is 0. The van der Waals surface area contributed by atoms with Gasteiger partial charge in [0.25, 0.3) is 0 Å².